The first-order chi connectivity index (χ1) is 10.1. The lowest BCUT2D eigenvalue weighted by Gasteiger charge is -2.22. The highest BCUT2D eigenvalue weighted by molar-refractivity contribution is 6.04. The summed E-state index contributed by atoms with van der Waals surface area (Å²) in [6, 6.07) is 1.72. The van der Waals surface area contributed by atoms with Crippen LogP contribution in [-0.2, 0) is 9.53 Å². The zero-order chi connectivity index (χ0) is 15.0. The van der Waals surface area contributed by atoms with E-state index in [0.29, 0.717) is 17.6 Å². The molecule has 0 radical (unpaired) electrons. The van der Waals surface area contributed by atoms with Gasteiger partial charge in [0.15, 0.2) is 5.60 Å². The fourth-order valence-electron chi connectivity index (χ4n) is 2.58. The van der Waals surface area contributed by atoms with Crippen LogP contribution in [0, 0.1) is 0 Å². The van der Waals surface area contributed by atoms with Gasteiger partial charge in [-0.3, -0.25) is 4.79 Å². The second-order valence-corrected chi connectivity index (χ2v) is 4.94. The van der Waals surface area contributed by atoms with Crippen LogP contribution >= 0.6 is 0 Å². The number of rotatable bonds is 3. The van der Waals surface area contributed by atoms with Crippen LogP contribution in [-0.4, -0.2) is 62.6 Å². The zero-order valence-electron chi connectivity index (χ0n) is 11.4. The molecule has 1 aliphatic heterocycles. The molecule has 0 spiro atoms. The van der Waals surface area contributed by atoms with Crippen molar-refractivity contribution >= 4 is 22.9 Å². The van der Waals surface area contributed by atoms with Gasteiger partial charge in [0, 0.05) is 26.3 Å². The molecule has 110 valence electrons. The largest absolute Gasteiger partial charge is 0.479 e. The number of hydrogen-bond donors (Lipinski definition) is 2. The summed E-state index contributed by atoms with van der Waals surface area (Å²) >= 11 is 0. The minimum Gasteiger partial charge on any atom is -0.479 e. The molecule has 1 fully saturated rings. The molecule has 0 aromatic carbocycles. The fourth-order valence-corrected chi connectivity index (χ4v) is 2.58. The molecule has 3 heterocycles. The van der Waals surface area contributed by atoms with Crippen molar-refractivity contribution in [3.63, 3.8) is 0 Å². The van der Waals surface area contributed by atoms with Crippen LogP contribution in [0.2, 0.25) is 0 Å². The van der Waals surface area contributed by atoms with Crippen LogP contribution < -0.4 is 0 Å². The number of aliphatic carboxylic acids is 1. The van der Waals surface area contributed by atoms with Crippen LogP contribution in [0.25, 0.3) is 11.0 Å². The van der Waals surface area contributed by atoms with Crippen LogP contribution in [0.15, 0.2) is 18.6 Å². The highest BCUT2D eigenvalue weighted by Crippen LogP contribution is 2.27. The van der Waals surface area contributed by atoms with Crippen molar-refractivity contribution in [2.45, 2.75) is 12.0 Å². The molecule has 0 unspecified atom stereocenters. The number of nitrogens with one attached hydrogen (secondary N) is 1. The maximum Gasteiger partial charge on any atom is 0.337 e. The average Bonchev–Trinajstić information content (AvgIpc) is 3.13. The quantitative estimate of drug-likeness (QED) is 0.840. The number of hydrogen-bond acceptors (Lipinski definition) is 5. The van der Waals surface area contributed by atoms with Crippen molar-refractivity contribution in [2.75, 3.05) is 20.2 Å². The number of carboxylic acids is 1. The van der Waals surface area contributed by atoms with Gasteiger partial charge in [-0.05, 0) is 6.07 Å². The Labute approximate surface area is 119 Å². The predicted molar refractivity (Wildman–Crippen MR) is 71.8 cm³/mol. The van der Waals surface area contributed by atoms with E-state index in [1.54, 1.807) is 12.3 Å². The van der Waals surface area contributed by atoms with Gasteiger partial charge in [-0.2, -0.15) is 0 Å². The summed E-state index contributed by atoms with van der Waals surface area (Å²) in [5.74, 6) is -1.38. The number of carbonyl (C=O) groups is 2. The summed E-state index contributed by atoms with van der Waals surface area (Å²) in [5.41, 5.74) is -0.498. The van der Waals surface area contributed by atoms with E-state index in [9.17, 15) is 14.7 Å². The molecule has 8 heteroatoms. The van der Waals surface area contributed by atoms with Gasteiger partial charge in [-0.25, -0.2) is 14.8 Å². The van der Waals surface area contributed by atoms with Gasteiger partial charge in [0.2, 0.25) is 0 Å². The molecule has 3 rings (SSSR count). The van der Waals surface area contributed by atoms with E-state index in [0.717, 1.165) is 0 Å². The Hall–Kier alpha value is -2.48. The number of H-pyrrole nitrogens is 1. The molecule has 2 aromatic heterocycles. The van der Waals surface area contributed by atoms with Crippen molar-refractivity contribution in [1.29, 1.82) is 0 Å². The minimum atomic E-state index is -1.33. The number of methoxy groups -OCH3 is 1. The highest BCUT2D eigenvalue weighted by atomic mass is 16.5. The molecule has 1 saturated heterocycles. The standard InChI is InChI=1S/C13H14N4O4/c1-21-13(12(19)20)3-5-17(6-13)11(18)9-8-2-4-14-10(8)16-7-15-9/h2,4,7H,3,5-6H2,1H3,(H,19,20)(H,14,15,16)/t13-/m1/s1. The molecular formula is C13H14N4O4. The van der Waals surface area contributed by atoms with E-state index in [2.05, 4.69) is 15.0 Å². The molecule has 0 bridgehead atoms. The number of nitrogens with zero attached hydrogens (tertiary/aromatic N) is 3. The Kier molecular flexibility index (Phi) is 3.09. The van der Waals surface area contributed by atoms with E-state index >= 15 is 0 Å². The number of fused-ring (bicyclic) bond motifs is 1. The molecule has 2 aromatic rings. The van der Waals surface area contributed by atoms with E-state index < -0.39 is 11.6 Å². The van der Waals surface area contributed by atoms with Crippen molar-refractivity contribution < 1.29 is 19.4 Å². The first-order valence-electron chi connectivity index (χ1n) is 6.43. The minimum absolute atomic E-state index is 0.00753. The SMILES string of the molecule is CO[C@]1(C(=O)O)CCN(C(=O)c2ncnc3[nH]ccc23)C1. The molecule has 1 atom stereocenters. The van der Waals surface area contributed by atoms with Crippen LogP contribution in [0.3, 0.4) is 0 Å². The second kappa shape index (κ2) is 4.81. The summed E-state index contributed by atoms with van der Waals surface area (Å²) in [6.45, 7) is 0.322. The molecule has 1 amide bonds. The van der Waals surface area contributed by atoms with Crippen LogP contribution in [0.1, 0.15) is 16.9 Å². The Morgan fingerprint density at radius 1 is 1.48 bits per heavy atom. The molecule has 2 N–H and O–H groups in total. The Morgan fingerprint density at radius 3 is 2.95 bits per heavy atom. The summed E-state index contributed by atoms with van der Waals surface area (Å²) in [5, 5.41) is 9.90. The van der Waals surface area contributed by atoms with Crippen molar-refractivity contribution in [2.24, 2.45) is 0 Å². The Balaban J connectivity index is 1.90. The highest BCUT2D eigenvalue weighted by Gasteiger charge is 2.47. The number of aromatic nitrogens is 3. The monoisotopic (exact) mass is 290 g/mol. The third kappa shape index (κ3) is 2.04. The number of amides is 1. The van der Waals surface area contributed by atoms with Gasteiger partial charge in [0.25, 0.3) is 5.91 Å². The lowest BCUT2D eigenvalue weighted by molar-refractivity contribution is -0.160. The smallest absolute Gasteiger partial charge is 0.337 e. The molecular weight excluding hydrogens is 276 g/mol. The number of ether oxygens (including phenoxy) is 1. The van der Waals surface area contributed by atoms with Gasteiger partial charge < -0.3 is 19.7 Å². The summed E-state index contributed by atoms with van der Waals surface area (Å²) in [6.07, 6.45) is 3.24. The zero-order valence-corrected chi connectivity index (χ0v) is 11.4. The van der Waals surface area contributed by atoms with Crippen molar-refractivity contribution in [1.82, 2.24) is 19.9 Å². The predicted octanol–water partition coefficient (Wildman–Crippen LogP) is 0.274. The van der Waals surface area contributed by atoms with E-state index in [-0.39, 0.29) is 24.6 Å². The second-order valence-electron chi connectivity index (χ2n) is 4.94. The van der Waals surface area contributed by atoms with E-state index in [1.807, 2.05) is 0 Å². The normalized spacial score (nSPS) is 21.9. The molecule has 8 nitrogen and oxygen atoms in total. The van der Waals surface area contributed by atoms with Gasteiger partial charge >= 0.3 is 5.97 Å². The lowest BCUT2D eigenvalue weighted by Crippen LogP contribution is -2.44. The molecule has 1 aliphatic rings. The van der Waals surface area contributed by atoms with Crippen LogP contribution in [0.4, 0.5) is 0 Å². The first-order valence-corrected chi connectivity index (χ1v) is 6.43. The number of carboxylic acid groups (broad SMARTS) is 1. The molecule has 0 aliphatic carbocycles. The van der Waals surface area contributed by atoms with Crippen molar-refractivity contribution in [3.8, 4) is 0 Å². The van der Waals surface area contributed by atoms with Gasteiger partial charge in [-0.1, -0.05) is 0 Å². The third-order valence-corrected chi connectivity index (χ3v) is 3.86. The molecule has 21 heavy (non-hydrogen) atoms. The lowest BCUT2D eigenvalue weighted by atomic mass is 10.0. The Bertz CT molecular complexity index is 713. The van der Waals surface area contributed by atoms with Gasteiger partial charge in [-0.15, -0.1) is 0 Å². The number of carbonyl (C=O) groups excluding carboxylic acids is 1. The van der Waals surface area contributed by atoms with Gasteiger partial charge in [0.05, 0.1) is 11.9 Å². The van der Waals surface area contributed by atoms with Crippen molar-refractivity contribution in [3.05, 3.63) is 24.3 Å². The van der Waals surface area contributed by atoms with E-state index in [1.165, 1.54) is 18.3 Å². The summed E-state index contributed by atoms with van der Waals surface area (Å²) in [4.78, 5) is 36.3. The maximum atomic E-state index is 12.6. The Morgan fingerprint density at radius 2 is 2.29 bits per heavy atom. The van der Waals surface area contributed by atoms with E-state index in [4.69, 9.17) is 4.74 Å². The fraction of sp³-hybridized carbons (Fsp3) is 0.385. The summed E-state index contributed by atoms with van der Waals surface area (Å²) in [7, 11) is 1.34. The topological polar surface area (TPSA) is 108 Å². The first kappa shape index (κ1) is 13.5. The third-order valence-electron chi connectivity index (χ3n) is 3.86. The van der Waals surface area contributed by atoms with Crippen LogP contribution in [0.5, 0.6) is 0 Å². The summed E-state index contributed by atoms with van der Waals surface area (Å²) < 4.78 is 5.12. The number of aromatic amines is 1. The van der Waals surface area contributed by atoms with Gasteiger partial charge in [0.1, 0.15) is 17.7 Å². The molecule has 0 saturated carbocycles. The number of likely N-dealkylation sites (tertiary alicyclic amines) is 1. The average molecular weight is 290 g/mol. The maximum absolute atomic E-state index is 12.6.